The molecule has 2 fully saturated rings. The number of carbonyl (C=O) groups excluding carboxylic acids is 1. The van der Waals surface area contributed by atoms with Crippen molar-refractivity contribution in [1.82, 2.24) is 10.2 Å². The predicted molar refractivity (Wildman–Crippen MR) is 131 cm³/mol. The van der Waals surface area contributed by atoms with E-state index in [4.69, 9.17) is 0 Å². The van der Waals surface area contributed by atoms with E-state index >= 15 is 0 Å². The molecule has 1 saturated heterocycles. The lowest BCUT2D eigenvalue weighted by Gasteiger charge is -2.48. The first-order valence-electron chi connectivity index (χ1n) is 12.8. The minimum atomic E-state index is -0.530. The number of rotatable bonds is 4. The lowest BCUT2D eigenvalue weighted by Crippen LogP contribution is -2.64. The summed E-state index contributed by atoms with van der Waals surface area (Å²) < 4.78 is 14.2. The largest absolute Gasteiger partial charge is 0.369 e. The smallest absolute Gasteiger partial charge is 0.350 e. The van der Waals surface area contributed by atoms with Gasteiger partial charge in [-0.3, -0.25) is 9.80 Å². The molecule has 2 atom stereocenters. The monoisotopic (exact) mass is 452 g/mol. The maximum absolute atomic E-state index is 14.2. The molecule has 2 heterocycles. The van der Waals surface area contributed by atoms with E-state index in [1.54, 1.807) is 22.1 Å². The maximum atomic E-state index is 14.2. The van der Waals surface area contributed by atoms with Crippen LogP contribution < -0.4 is 10.2 Å². The molecule has 4 aliphatic rings. The van der Waals surface area contributed by atoms with Gasteiger partial charge in [-0.1, -0.05) is 36.5 Å². The van der Waals surface area contributed by atoms with Crippen LogP contribution in [0.5, 0.6) is 0 Å². The molecular formula is C27H37FN4O. The van der Waals surface area contributed by atoms with E-state index in [1.807, 2.05) is 6.07 Å². The van der Waals surface area contributed by atoms with Gasteiger partial charge in [-0.2, -0.15) is 4.99 Å². The van der Waals surface area contributed by atoms with E-state index < -0.39 is 5.54 Å². The van der Waals surface area contributed by atoms with Crippen LogP contribution in [-0.2, 0) is 0 Å². The second-order valence-electron chi connectivity index (χ2n) is 10.6. The summed E-state index contributed by atoms with van der Waals surface area (Å²) in [6, 6.07) is 6.84. The van der Waals surface area contributed by atoms with Gasteiger partial charge in [0, 0.05) is 30.9 Å². The SMILES string of the molecule is CC1=C(CN2CC[C@@]3(C[C@@H]2C)C(NC2CCCCC2)=NC(=O)N3c2cccc(F)c2)CCC1. The highest BCUT2D eigenvalue weighted by molar-refractivity contribution is 6.16. The highest BCUT2D eigenvalue weighted by Crippen LogP contribution is 2.41. The Balaban J connectivity index is 1.43. The third-order valence-corrected chi connectivity index (χ3v) is 8.38. The van der Waals surface area contributed by atoms with Gasteiger partial charge in [0.05, 0.1) is 0 Å². The Morgan fingerprint density at radius 2 is 2.00 bits per heavy atom. The highest BCUT2D eigenvalue weighted by Gasteiger charge is 2.54. The Morgan fingerprint density at radius 3 is 2.70 bits per heavy atom. The van der Waals surface area contributed by atoms with Crippen LogP contribution in [0.25, 0.3) is 0 Å². The van der Waals surface area contributed by atoms with Gasteiger partial charge in [-0.15, -0.1) is 0 Å². The van der Waals surface area contributed by atoms with Crippen LogP contribution in [0.1, 0.15) is 78.1 Å². The Labute approximate surface area is 197 Å². The Bertz CT molecular complexity index is 967. The normalized spacial score (nSPS) is 29.3. The van der Waals surface area contributed by atoms with E-state index in [9.17, 15) is 9.18 Å². The zero-order valence-electron chi connectivity index (χ0n) is 20.1. The zero-order valence-corrected chi connectivity index (χ0v) is 20.1. The first kappa shape index (κ1) is 22.6. The van der Waals surface area contributed by atoms with Crippen molar-refractivity contribution in [3.63, 3.8) is 0 Å². The van der Waals surface area contributed by atoms with Crippen LogP contribution in [0.2, 0.25) is 0 Å². The number of hydrogen-bond donors (Lipinski definition) is 1. The number of benzene rings is 1. The van der Waals surface area contributed by atoms with Gasteiger partial charge < -0.3 is 5.32 Å². The molecule has 1 spiro atoms. The zero-order chi connectivity index (χ0) is 23.0. The molecule has 6 heteroatoms. The van der Waals surface area contributed by atoms with Crippen LogP contribution in [-0.4, -0.2) is 47.5 Å². The van der Waals surface area contributed by atoms with Crippen molar-refractivity contribution in [1.29, 1.82) is 0 Å². The van der Waals surface area contributed by atoms with Gasteiger partial charge in [-0.05, 0) is 77.0 Å². The van der Waals surface area contributed by atoms with Crippen molar-refractivity contribution < 1.29 is 9.18 Å². The van der Waals surface area contributed by atoms with Crippen LogP contribution in [0.3, 0.4) is 0 Å². The number of hydrogen-bond acceptors (Lipinski definition) is 3. The minimum absolute atomic E-state index is 0.270. The summed E-state index contributed by atoms with van der Waals surface area (Å²) in [6.07, 6.45) is 11.3. The molecule has 0 aromatic heterocycles. The average Bonchev–Trinajstić information content (AvgIpc) is 3.31. The molecule has 2 amide bonds. The molecule has 33 heavy (non-hydrogen) atoms. The third-order valence-electron chi connectivity index (χ3n) is 8.38. The summed E-state index contributed by atoms with van der Waals surface area (Å²) in [6.45, 7) is 6.48. The van der Waals surface area contributed by atoms with Gasteiger partial charge in [0.1, 0.15) is 17.2 Å². The van der Waals surface area contributed by atoms with E-state index in [2.05, 4.69) is 29.1 Å². The molecule has 0 bridgehead atoms. The number of urea groups is 1. The minimum Gasteiger partial charge on any atom is -0.369 e. The van der Waals surface area contributed by atoms with Crippen LogP contribution >= 0.6 is 0 Å². The van der Waals surface area contributed by atoms with Crippen molar-refractivity contribution in [3.05, 3.63) is 41.2 Å². The average molecular weight is 453 g/mol. The number of amides is 2. The lowest BCUT2D eigenvalue weighted by molar-refractivity contribution is 0.139. The Kier molecular flexibility index (Phi) is 6.30. The Hall–Kier alpha value is -2.21. The highest BCUT2D eigenvalue weighted by atomic mass is 19.1. The first-order chi connectivity index (χ1) is 16.0. The molecule has 2 aliphatic carbocycles. The topological polar surface area (TPSA) is 47.9 Å². The number of aliphatic imine (C=N–C) groups is 1. The van der Waals surface area contributed by atoms with E-state index in [0.29, 0.717) is 17.8 Å². The van der Waals surface area contributed by atoms with Gasteiger partial charge in [-0.25, -0.2) is 9.18 Å². The molecule has 5 nitrogen and oxygen atoms in total. The number of allylic oxidation sites excluding steroid dienone is 1. The third kappa shape index (κ3) is 4.34. The molecule has 0 radical (unpaired) electrons. The number of amidine groups is 1. The summed E-state index contributed by atoms with van der Waals surface area (Å²) in [7, 11) is 0. The fourth-order valence-electron chi connectivity index (χ4n) is 6.46. The quantitative estimate of drug-likeness (QED) is 0.587. The molecule has 0 unspecified atom stereocenters. The summed E-state index contributed by atoms with van der Waals surface area (Å²) in [5, 5.41) is 3.70. The number of nitrogens with zero attached hydrogens (tertiary/aromatic N) is 3. The van der Waals surface area contributed by atoms with Gasteiger partial charge in [0.15, 0.2) is 0 Å². The number of nitrogens with one attached hydrogen (secondary N) is 1. The first-order valence-corrected chi connectivity index (χ1v) is 12.8. The maximum Gasteiger partial charge on any atom is 0.350 e. The lowest BCUT2D eigenvalue weighted by atomic mass is 9.80. The van der Waals surface area contributed by atoms with Gasteiger partial charge in [0.25, 0.3) is 0 Å². The number of anilines is 1. The van der Waals surface area contributed by atoms with Crippen molar-refractivity contribution in [3.8, 4) is 0 Å². The summed E-state index contributed by atoms with van der Waals surface area (Å²) in [5.41, 5.74) is 3.23. The molecule has 178 valence electrons. The van der Waals surface area contributed by atoms with Crippen molar-refractivity contribution >= 4 is 17.6 Å². The van der Waals surface area contributed by atoms with Gasteiger partial charge in [0.2, 0.25) is 0 Å². The summed E-state index contributed by atoms with van der Waals surface area (Å²) in [5.74, 6) is 0.490. The van der Waals surface area contributed by atoms with E-state index in [0.717, 1.165) is 44.6 Å². The number of piperidine rings is 1. The summed E-state index contributed by atoms with van der Waals surface area (Å²) >= 11 is 0. The van der Waals surface area contributed by atoms with Crippen LogP contribution in [0, 0.1) is 5.82 Å². The van der Waals surface area contributed by atoms with E-state index in [1.165, 1.54) is 50.7 Å². The van der Waals surface area contributed by atoms with Crippen molar-refractivity contribution in [2.45, 2.75) is 95.7 Å². The van der Waals surface area contributed by atoms with E-state index in [-0.39, 0.29) is 11.8 Å². The standard InChI is InChI=1S/C27H37FN4O/c1-19-8-6-9-21(19)18-31-15-14-27(17-20(31)2)25(29-23-11-4-3-5-12-23)30-26(33)32(27)24-13-7-10-22(28)16-24/h7,10,13,16,20,23H,3-6,8-9,11-12,14-15,17-18H2,1-2H3,(H,29,30,33)/t20-,27+/m0/s1. The molecule has 5 rings (SSSR count). The number of likely N-dealkylation sites (tertiary alicyclic amines) is 1. The number of carbonyl (C=O) groups is 1. The van der Waals surface area contributed by atoms with Crippen LogP contribution in [0.15, 0.2) is 40.4 Å². The molecular weight excluding hydrogens is 415 g/mol. The molecule has 2 aliphatic heterocycles. The molecule has 1 aromatic rings. The fraction of sp³-hybridized carbons (Fsp3) is 0.630. The van der Waals surface area contributed by atoms with Crippen molar-refractivity contribution in [2.75, 3.05) is 18.0 Å². The summed E-state index contributed by atoms with van der Waals surface area (Å²) in [4.78, 5) is 22.2. The number of halogens is 1. The Morgan fingerprint density at radius 1 is 1.18 bits per heavy atom. The second kappa shape index (κ2) is 9.21. The van der Waals surface area contributed by atoms with Gasteiger partial charge >= 0.3 is 6.03 Å². The molecule has 1 aromatic carbocycles. The second-order valence-corrected chi connectivity index (χ2v) is 10.6. The van der Waals surface area contributed by atoms with Crippen LogP contribution in [0.4, 0.5) is 14.9 Å². The molecule has 1 saturated carbocycles. The fourth-order valence-corrected chi connectivity index (χ4v) is 6.46. The molecule has 1 N–H and O–H groups in total. The van der Waals surface area contributed by atoms with Crippen molar-refractivity contribution in [2.24, 2.45) is 4.99 Å². The predicted octanol–water partition coefficient (Wildman–Crippen LogP) is 5.81.